The number of aryl methyl sites for hydroxylation is 1. The molecule has 0 spiro atoms. The molecule has 0 saturated heterocycles. The molecule has 1 saturated carbocycles. The third-order valence-electron chi connectivity index (χ3n) is 3.62. The molecule has 0 bridgehead atoms. The van der Waals surface area contributed by atoms with Crippen LogP contribution in [-0.2, 0) is 9.05 Å². The molecule has 0 unspecified atom stereocenters. The highest BCUT2D eigenvalue weighted by atomic mass is 35.7. The summed E-state index contributed by atoms with van der Waals surface area (Å²) in [4.78, 5) is 0.0767. The van der Waals surface area contributed by atoms with Gasteiger partial charge in [0.2, 0.25) is 0 Å². The van der Waals surface area contributed by atoms with Crippen molar-refractivity contribution in [3.8, 4) is 5.75 Å². The Balaban J connectivity index is 2.21. The zero-order valence-electron chi connectivity index (χ0n) is 11.2. The molecule has 0 radical (unpaired) electrons. The fourth-order valence-electron chi connectivity index (χ4n) is 2.43. The molecule has 0 heterocycles. The summed E-state index contributed by atoms with van der Waals surface area (Å²) < 4.78 is 29.0. The average molecular weight is 303 g/mol. The molecule has 0 amide bonds. The first-order valence-corrected chi connectivity index (χ1v) is 8.89. The minimum atomic E-state index is -3.77. The lowest BCUT2D eigenvalue weighted by atomic mass is 9.89. The molecule has 1 aliphatic rings. The number of hydrogen-bond acceptors (Lipinski definition) is 3. The lowest BCUT2D eigenvalue weighted by molar-refractivity contribution is 0.132. The van der Waals surface area contributed by atoms with Gasteiger partial charge in [-0.1, -0.05) is 13.0 Å². The number of halogens is 1. The van der Waals surface area contributed by atoms with E-state index in [0.717, 1.165) is 37.2 Å². The second kappa shape index (κ2) is 5.71. The minimum absolute atomic E-state index is 0.0767. The second-order valence-electron chi connectivity index (χ2n) is 5.39. The molecular weight excluding hydrogens is 284 g/mol. The van der Waals surface area contributed by atoms with Gasteiger partial charge in [0.25, 0.3) is 9.05 Å². The van der Waals surface area contributed by atoms with Crippen LogP contribution in [0, 0.1) is 12.8 Å². The van der Waals surface area contributed by atoms with Crippen molar-refractivity contribution in [3.05, 3.63) is 23.8 Å². The van der Waals surface area contributed by atoms with Crippen molar-refractivity contribution in [2.75, 3.05) is 0 Å². The van der Waals surface area contributed by atoms with E-state index in [4.69, 9.17) is 15.4 Å². The first-order valence-electron chi connectivity index (χ1n) is 6.58. The van der Waals surface area contributed by atoms with Crippen molar-refractivity contribution in [1.82, 2.24) is 0 Å². The van der Waals surface area contributed by atoms with Gasteiger partial charge in [-0.15, -0.1) is 0 Å². The molecular formula is C14H19ClO3S. The molecule has 19 heavy (non-hydrogen) atoms. The van der Waals surface area contributed by atoms with Crippen LogP contribution in [0.25, 0.3) is 0 Å². The summed E-state index contributed by atoms with van der Waals surface area (Å²) in [5.41, 5.74) is 0.851. The number of rotatable bonds is 3. The van der Waals surface area contributed by atoms with Crippen LogP contribution < -0.4 is 4.74 Å². The standard InChI is InChI=1S/C14H19ClO3S/c1-10-3-6-12(7-4-10)18-13-8-5-11(2)9-14(13)19(15,16)17/h5,8-10,12H,3-4,6-7H2,1-2H3. The summed E-state index contributed by atoms with van der Waals surface area (Å²) in [6.45, 7) is 4.06. The lowest BCUT2D eigenvalue weighted by Crippen LogP contribution is -2.23. The molecule has 3 nitrogen and oxygen atoms in total. The van der Waals surface area contributed by atoms with Crippen LogP contribution in [0.5, 0.6) is 5.75 Å². The quantitative estimate of drug-likeness (QED) is 0.796. The van der Waals surface area contributed by atoms with Crippen molar-refractivity contribution < 1.29 is 13.2 Å². The van der Waals surface area contributed by atoms with E-state index in [9.17, 15) is 8.42 Å². The summed E-state index contributed by atoms with van der Waals surface area (Å²) in [5.74, 6) is 1.11. The molecule has 5 heteroatoms. The van der Waals surface area contributed by atoms with Gasteiger partial charge in [-0.3, -0.25) is 0 Å². The molecule has 1 aliphatic carbocycles. The van der Waals surface area contributed by atoms with Gasteiger partial charge in [-0.2, -0.15) is 0 Å². The normalized spacial score (nSPS) is 24.2. The van der Waals surface area contributed by atoms with Crippen LogP contribution >= 0.6 is 10.7 Å². The van der Waals surface area contributed by atoms with Crippen LogP contribution in [-0.4, -0.2) is 14.5 Å². The van der Waals surface area contributed by atoms with Crippen molar-refractivity contribution in [2.45, 2.75) is 50.5 Å². The van der Waals surface area contributed by atoms with E-state index >= 15 is 0 Å². The predicted octanol–water partition coefficient (Wildman–Crippen LogP) is 3.88. The summed E-state index contributed by atoms with van der Waals surface area (Å²) >= 11 is 0. The van der Waals surface area contributed by atoms with Crippen molar-refractivity contribution >= 4 is 19.7 Å². The van der Waals surface area contributed by atoms with Gasteiger partial charge in [0.1, 0.15) is 10.6 Å². The van der Waals surface area contributed by atoms with E-state index in [1.165, 1.54) is 0 Å². The van der Waals surface area contributed by atoms with Crippen LogP contribution in [0.15, 0.2) is 23.1 Å². The van der Waals surface area contributed by atoms with Crippen molar-refractivity contribution in [1.29, 1.82) is 0 Å². The maximum Gasteiger partial charge on any atom is 0.264 e. The Morgan fingerprint density at radius 3 is 2.42 bits per heavy atom. The zero-order chi connectivity index (χ0) is 14.0. The number of benzene rings is 1. The monoisotopic (exact) mass is 302 g/mol. The zero-order valence-corrected chi connectivity index (χ0v) is 12.8. The van der Waals surface area contributed by atoms with E-state index in [1.54, 1.807) is 12.1 Å². The fraction of sp³-hybridized carbons (Fsp3) is 0.571. The highest BCUT2D eigenvalue weighted by molar-refractivity contribution is 8.13. The van der Waals surface area contributed by atoms with Gasteiger partial charge in [-0.05, 0) is 56.2 Å². The van der Waals surface area contributed by atoms with Gasteiger partial charge in [0.15, 0.2) is 0 Å². The topological polar surface area (TPSA) is 43.4 Å². The van der Waals surface area contributed by atoms with Crippen LogP contribution in [0.2, 0.25) is 0 Å². The van der Waals surface area contributed by atoms with E-state index in [0.29, 0.717) is 5.75 Å². The Labute approximate surface area is 119 Å². The molecule has 0 aliphatic heterocycles. The van der Waals surface area contributed by atoms with Crippen LogP contribution in [0.3, 0.4) is 0 Å². The summed E-state index contributed by atoms with van der Waals surface area (Å²) in [6.07, 6.45) is 4.28. The highest BCUT2D eigenvalue weighted by Crippen LogP contribution is 2.32. The maximum atomic E-state index is 11.6. The SMILES string of the molecule is Cc1ccc(OC2CCC(C)CC2)c(S(=O)(=O)Cl)c1. The first-order chi connectivity index (χ1) is 8.86. The van der Waals surface area contributed by atoms with Gasteiger partial charge in [0.05, 0.1) is 6.10 Å². The smallest absolute Gasteiger partial charge is 0.264 e. The Morgan fingerprint density at radius 1 is 1.21 bits per heavy atom. The average Bonchev–Trinajstić information content (AvgIpc) is 2.33. The van der Waals surface area contributed by atoms with E-state index < -0.39 is 9.05 Å². The predicted molar refractivity (Wildman–Crippen MR) is 76.3 cm³/mol. The second-order valence-corrected chi connectivity index (χ2v) is 7.92. The number of hydrogen-bond donors (Lipinski definition) is 0. The van der Waals surface area contributed by atoms with Gasteiger partial charge in [0, 0.05) is 10.7 Å². The Morgan fingerprint density at radius 2 is 1.84 bits per heavy atom. The molecule has 1 aromatic rings. The first kappa shape index (κ1) is 14.7. The van der Waals surface area contributed by atoms with Gasteiger partial charge < -0.3 is 4.74 Å². The molecule has 106 valence electrons. The van der Waals surface area contributed by atoms with E-state index in [-0.39, 0.29) is 11.0 Å². The molecule has 1 fully saturated rings. The molecule has 0 aromatic heterocycles. The highest BCUT2D eigenvalue weighted by Gasteiger charge is 2.23. The molecule has 1 aromatic carbocycles. The minimum Gasteiger partial charge on any atom is -0.489 e. The van der Waals surface area contributed by atoms with E-state index in [1.807, 2.05) is 13.0 Å². The third kappa shape index (κ3) is 3.86. The Bertz CT molecular complexity index is 546. The summed E-state index contributed by atoms with van der Waals surface area (Å²) in [5, 5.41) is 0. The third-order valence-corrected chi connectivity index (χ3v) is 4.96. The molecule has 0 N–H and O–H groups in total. The van der Waals surface area contributed by atoms with Crippen LogP contribution in [0.1, 0.15) is 38.2 Å². The lowest BCUT2D eigenvalue weighted by Gasteiger charge is -2.27. The van der Waals surface area contributed by atoms with Crippen molar-refractivity contribution in [2.24, 2.45) is 5.92 Å². The van der Waals surface area contributed by atoms with Crippen molar-refractivity contribution in [3.63, 3.8) is 0 Å². The largest absolute Gasteiger partial charge is 0.489 e. The summed E-state index contributed by atoms with van der Waals surface area (Å²) in [6, 6.07) is 5.10. The molecule has 0 atom stereocenters. The van der Waals surface area contributed by atoms with Gasteiger partial charge >= 0.3 is 0 Å². The van der Waals surface area contributed by atoms with E-state index in [2.05, 4.69) is 6.92 Å². The fourth-order valence-corrected chi connectivity index (χ4v) is 3.47. The Hall–Kier alpha value is -0.740. The molecule has 2 rings (SSSR count). The Kier molecular flexibility index (Phi) is 4.41. The number of ether oxygens (including phenoxy) is 1. The van der Waals surface area contributed by atoms with Crippen LogP contribution in [0.4, 0.5) is 0 Å². The summed E-state index contributed by atoms with van der Waals surface area (Å²) in [7, 11) is 1.70. The maximum absolute atomic E-state index is 11.6. The van der Waals surface area contributed by atoms with Gasteiger partial charge in [-0.25, -0.2) is 8.42 Å².